The molecule has 2 nitrogen and oxygen atoms in total. The number of aliphatic hydroxyl groups is 1. The van der Waals surface area contributed by atoms with Crippen molar-refractivity contribution in [1.29, 1.82) is 0 Å². The fraction of sp³-hybridized carbons (Fsp3) is 0.0909. The lowest BCUT2D eigenvalue weighted by Gasteiger charge is -2.07. The minimum Gasteiger partial charge on any atom is -0.447 e. The summed E-state index contributed by atoms with van der Waals surface area (Å²) in [4.78, 5) is 0. The third-order valence-corrected chi connectivity index (χ3v) is 2.78. The minimum absolute atomic E-state index is 0.279. The predicted octanol–water partition coefficient (Wildman–Crippen LogP) is 3.78. The van der Waals surface area contributed by atoms with Crippen LogP contribution < -0.4 is 0 Å². The molecule has 1 aromatic carbocycles. The fourth-order valence-corrected chi connectivity index (χ4v) is 1.70. The van der Waals surface area contributed by atoms with Crippen LogP contribution in [0.4, 0.5) is 0 Å². The summed E-state index contributed by atoms with van der Waals surface area (Å²) < 4.78 is 6.10. The van der Waals surface area contributed by atoms with Gasteiger partial charge in [-0.25, -0.2) is 0 Å². The first kappa shape index (κ1) is 10.7. The lowest BCUT2D eigenvalue weighted by atomic mass is 10.1. The summed E-state index contributed by atoms with van der Waals surface area (Å²) in [6.45, 7) is 0. The van der Waals surface area contributed by atoms with Crippen molar-refractivity contribution in [3.05, 3.63) is 57.4 Å². The molecule has 1 atom stereocenters. The van der Waals surface area contributed by atoms with E-state index in [0.717, 1.165) is 10.0 Å². The zero-order valence-electron chi connectivity index (χ0n) is 7.65. The van der Waals surface area contributed by atoms with Crippen molar-refractivity contribution in [2.45, 2.75) is 6.10 Å². The molecule has 0 saturated carbocycles. The van der Waals surface area contributed by atoms with Gasteiger partial charge in [-0.05, 0) is 41.4 Å². The van der Waals surface area contributed by atoms with Crippen LogP contribution in [0.2, 0.25) is 5.22 Å². The third-order valence-electron chi connectivity index (χ3n) is 2.05. The van der Waals surface area contributed by atoms with Crippen LogP contribution in [-0.4, -0.2) is 5.11 Å². The Kier molecular flexibility index (Phi) is 3.14. The van der Waals surface area contributed by atoms with E-state index in [-0.39, 0.29) is 5.22 Å². The second kappa shape index (κ2) is 4.39. The lowest BCUT2D eigenvalue weighted by molar-refractivity contribution is 0.189. The monoisotopic (exact) mass is 286 g/mol. The maximum atomic E-state index is 9.93. The summed E-state index contributed by atoms with van der Waals surface area (Å²) in [6, 6.07) is 10.6. The van der Waals surface area contributed by atoms with Gasteiger partial charge in [0.2, 0.25) is 0 Å². The van der Waals surface area contributed by atoms with Gasteiger partial charge < -0.3 is 9.52 Å². The van der Waals surface area contributed by atoms with E-state index in [4.69, 9.17) is 16.0 Å². The Labute approximate surface area is 101 Å². The minimum atomic E-state index is -0.773. The van der Waals surface area contributed by atoms with Gasteiger partial charge in [-0.2, -0.15) is 0 Å². The summed E-state index contributed by atoms with van der Waals surface area (Å²) in [5.74, 6) is 0.447. The van der Waals surface area contributed by atoms with Crippen molar-refractivity contribution >= 4 is 27.5 Å². The summed E-state index contributed by atoms with van der Waals surface area (Å²) in [7, 11) is 0. The first-order valence-electron chi connectivity index (χ1n) is 4.35. The number of rotatable bonds is 2. The first-order chi connectivity index (χ1) is 7.16. The first-order valence-corrected chi connectivity index (χ1v) is 5.52. The van der Waals surface area contributed by atoms with Crippen LogP contribution in [0.3, 0.4) is 0 Å². The smallest absolute Gasteiger partial charge is 0.193 e. The Morgan fingerprint density at radius 2 is 1.80 bits per heavy atom. The number of halogens is 2. The Hall–Kier alpha value is -0.770. The molecule has 1 unspecified atom stereocenters. The van der Waals surface area contributed by atoms with Crippen LogP contribution in [-0.2, 0) is 0 Å². The highest BCUT2D eigenvalue weighted by Gasteiger charge is 2.13. The van der Waals surface area contributed by atoms with E-state index in [1.807, 2.05) is 24.3 Å². The highest BCUT2D eigenvalue weighted by Crippen LogP contribution is 2.26. The SMILES string of the molecule is OC(c1ccc(Br)cc1)c1ccc(Cl)o1. The average molecular weight is 288 g/mol. The van der Waals surface area contributed by atoms with E-state index in [1.165, 1.54) is 0 Å². The number of furan rings is 1. The number of aliphatic hydroxyl groups excluding tert-OH is 1. The molecule has 0 aliphatic rings. The van der Waals surface area contributed by atoms with Gasteiger partial charge in [-0.3, -0.25) is 0 Å². The van der Waals surface area contributed by atoms with Gasteiger partial charge in [-0.1, -0.05) is 28.1 Å². The van der Waals surface area contributed by atoms with Crippen molar-refractivity contribution in [2.75, 3.05) is 0 Å². The van der Waals surface area contributed by atoms with Crippen LogP contribution in [0.1, 0.15) is 17.4 Å². The van der Waals surface area contributed by atoms with E-state index in [2.05, 4.69) is 15.9 Å². The van der Waals surface area contributed by atoms with E-state index in [9.17, 15) is 5.11 Å². The quantitative estimate of drug-likeness (QED) is 0.912. The Bertz CT molecular complexity index is 450. The van der Waals surface area contributed by atoms with Crippen molar-refractivity contribution in [3.63, 3.8) is 0 Å². The third kappa shape index (κ3) is 2.43. The summed E-state index contributed by atoms with van der Waals surface area (Å²) >= 11 is 8.96. The number of hydrogen-bond donors (Lipinski definition) is 1. The van der Waals surface area contributed by atoms with Gasteiger partial charge in [-0.15, -0.1) is 0 Å². The van der Waals surface area contributed by atoms with Crippen molar-refractivity contribution in [3.8, 4) is 0 Å². The zero-order chi connectivity index (χ0) is 10.8. The molecule has 1 N–H and O–H groups in total. The maximum Gasteiger partial charge on any atom is 0.193 e. The van der Waals surface area contributed by atoms with Crippen molar-refractivity contribution in [1.82, 2.24) is 0 Å². The largest absolute Gasteiger partial charge is 0.447 e. The van der Waals surface area contributed by atoms with E-state index in [1.54, 1.807) is 12.1 Å². The molecule has 0 amide bonds. The molecular formula is C11H8BrClO2. The zero-order valence-corrected chi connectivity index (χ0v) is 9.99. The van der Waals surface area contributed by atoms with E-state index >= 15 is 0 Å². The van der Waals surface area contributed by atoms with Crippen LogP contribution in [0.5, 0.6) is 0 Å². The molecule has 0 bridgehead atoms. The molecular weight excluding hydrogens is 279 g/mol. The number of benzene rings is 1. The molecule has 0 aliphatic heterocycles. The average Bonchev–Trinajstić information content (AvgIpc) is 2.65. The molecule has 1 heterocycles. The predicted molar refractivity (Wildman–Crippen MR) is 61.9 cm³/mol. The highest BCUT2D eigenvalue weighted by atomic mass is 79.9. The molecule has 0 aliphatic carbocycles. The van der Waals surface area contributed by atoms with Gasteiger partial charge in [0.25, 0.3) is 0 Å². The van der Waals surface area contributed by atoms with Gasteiger partial charge in [0.05, 0.1) is 0 Å². The summed E-state index contributed by atoms with van der Waals surface area (Å²) in [5.41, 5.74) is 0.768. The fourth-order valence-electron chi connectivity index (χ4n) is 1.28. The second-order valence-electron chi connectivity index (χ2n) is 3.10. The van der Waals surface area contributed by atoms with Gasteiger partial charge in [0, 0.05) is 4.47 Å². The van der Waals surface area contributed by atoms with Gasteiger partial charge in [0.1, 0.15) is 11.9 Å². The summed E-state index contributed by atoms with van der Waals surface area (Å²) in [6.07, 6.45) is -0.773. The molecule has 2 rings (SSSR count). The summed E-state index contributed by atoms with van der Waals surface area (Å²) in [5, 5.41) is 10.2. The van der Waals surface area contributed by atoms with Gasteiger partial charge >= 0.3 is 0 Å². The standard InChI is InChI=1S/C11H8BrClO2/c12-8-3-1-7(2-4-8)11(14)9-5-6-10(13)15-9/h1-6,11,14H. The molecule has 0 spiro atoms. The molecule has 78 valence electrons. The van der Waals surface area contributed by atoms with Crippen LogP contribution >= 0.6 is 27.5 Å². The van der Waals surface area contributed by atoms with Crippen molar-refractivity contribution < 1.29 is 9.52 Å². The topological polar surface area (TPSA) is 33.4 Å². The van der Waals surface area contributed by atoms with Crippen molar-refractivity contribution in [2.24, 2.45) is 0 Å². The molecule has 1 aromatic heterocycles. The second-order valence-corrected chi connectivity index (χ2v) is 4.38. The Morgan fingerprint density at radius 1 is 1.13 bits per heavy atom. The number of hydrogen-bond acceptors (Lipinski definition) is 2. The van der Waals surface area contributed by atoms with Crippen LogP contribution in [0.15, 0.2) is 45.3 Å². The normalized spacial score (nSPS) is 12.7. The molecule has 4 heteroatoms. The Balaban J connectivity index is 2.28. The van der Waals surface area contributed by atoms with Crippen LogP contribution in [0, 0.1) is 0 Å². The van der Waals surface area contributed by atoms with Gasteiger partial charge in [0.15, 0.2) is 5.22 Å². The highest BCUT2D eigenvalue weighted by molar-refractivity contribution is 9.10. The molecule has 0 fully saturated rings. The molecule has 15 heavy (non-hydrogen) atoms. The lowest BCUT2D eigenvalue weighted by Crippen LogP contribution is -1.97. The molecule has 0 radical (unpaired) electrons. The maximum absolute atomic E-state index is 9.93. The molecule has 2 aromatic rings. The molecule has 0 saturated heterocycles. The van der Waals surface area contributed by atoms with E-state index < -0.39 is 6.10 Å². The van der Waals surface area contributed by atoms with Crippen LogP contribution in [0.25, 0.3) is 0 Å². The Morgan fingerprint density at radius 3 is 2.33 bits per heavy atom. The van der Waals surface area contributed by atoms with E-state index in [0.29, 0.717) is 5.76 Å².